The van der Waals surface area contributed by atoms with E-state index in [9.17, 15) is 4.79 Å². The van der Waals surface area contributed by atoms with Crippen LogP contribution in [-0.4, -0.2) is 5.78 Å². The normalized spacial score (nSPS) is 11.0. The lowest BCUT2D eigenvalue weighted by atomic mass is 10.0. The summed E-state index contributed by atoms with van der Waals surface area (Å²) in [5.41, 5.74) is 3.70. The zero-order valence-corrected chi connectivity index (χ0v) is 17.1. The molecule has 3 aromatic carbocycles. The van der Waals surface area contributed by atoms with Crippen LogP contribution in [0.4, 0.5) is 0 Å². The molecular weight excluding hydrogens is 384 g/mol. The van der Waals surface area contributed by atoms with Gasteiger partial charge in [0, 0.05) is 16.5 Å². The standard InChI is InChI=1S/C25H21ClOS/c26-24-21-14-4-5-15-23(21)28-25(24)22(27)17-20-13-7-12-19(16-20)11-6-10-18-8-2-1-3-9-18/h1-5,7-9,12-16H,6,10-11,17H2. The molecule has 1 heterocycles. The average Bonchev–Trinajstić information content (AvgIpc) is 3.06. The number of benzene rings is 3. The van der Waals surface area contributed by atoms with Crippen molar-refractivity contribution in [3.05, 3.63) is 105 Å². The summed E-state index contributed by atoms with van der Waals surface area (Å²) in [7, 11) is 0. The maximum Gasteiger partial charge on any atom is 0.178 e. The van der Waals surface area contributed by atoms with Gasteiger partial charge in [0.05, 0.1) is 9.90 Å². The van der Waals surface area contributed by atoms with Gasteiger partial charge in [-0.1, -0.05) is 84.4 Å². The molecule has 0 aliphatic carbocycles. The highest BCUT2D eigenvalue weighted by atomic mass is 35.5. The van der Waals surface area contributed by atoms with E-state index in [4.69, 9.17) is 11.6 Å². The van der Waals surface area contributed by atoms with Gasteiger partial charge in [-0.2, -0.15) is 0 Å². The number of thiophene rings is 1. The summed E-state index contributed by atoms with van der Waals surface area (Å²) in [5, 5.41) is 1.55. The Kier molecular flexibility index (Phi) is 5.90. The first-order valence-electron chi connectivity index (χ1n) is 9.52. The first-order chi connectivity index (χ1) is 13.7. The maximum atomic E-state index is 12.8. The van der Waals surface area contributed by atoms with Crippen LogP contribution in [0, 0.1) is 0 Å². The molecule has 0 aliphatic rings. The van der Waals surface area contributed by atoms with Gasteiger partial charge in [-0.25, -0.2) is 0 Å². The van der Waals surface area contributed by atoms with Crippen molar-refractivity contribution < 1.29 is 4.79 Å². The fraction of sp³-hybridized carbons (Fsp3) is 0.160. The van der Waals surface area contributed by atoms with Crippen molar-refractivity contribution >= 4 is 38.8 Å². The number of Topliss-reactive ketones (excluding diaryl/α,β-unsaturated/α-hetero) is 1. The third kappa shape index (κ3) is 4.35. The Balaban J connectivity index is 1.42. The largest absolute Gasteiger partial charge is 0.293 e. The lowest BCUT2D eigenvalue weighted by Crippen LogP contribution is -2.02. The third-order valence-corrected chi connectivity index (χ3v) is 6.63. The van der Waals surface area contributed by atoms with Gasteiger partial charge in [-0.05, 0) is 42.0 Å². The lowest BCUT2D eigenvalue weighted by molar-refractivity contribution is 0.0997. The van der Waals surface area contributed by atoms with E-state index in [0.717, 1.165) is 34.9 Å². The Morgan fingerprint density at radius 3 is 2.29 bits per heavy atom. The lowest BCUT2D eigenvalue weighted by Gasteiger charge is -2.06. The highest BCUT2D eigenvalue weighted by Crippen LogP contribution is 2.35. The van der Waals surface area contributed by atoms with E-state index in [1.165, 1.54) is 22.5 Å². The molecule has 0 radical (unpaired) electrons. The Morgan fingerprint density at radius 2 is 1.46 bits per heavy atom. The molecule has 28 heavy (non-hydrogen) atoms. The van der Waals surface area contributed by atoms with Gasteiger partial charge >= 0.3 is 0 Å². The Labute approximate surface area is 174 Å². The molecule has 140 valence electrons. The molecular formula is C25H21ClOS. The van der Waals surface area contributed by atoms with Gasteiger partial charge in [0.1, 0.15) is 0 Å². The van der Waals surface area contributed by atoms with Crippen LogP contribution in [0.1, 0.15) is 32.8 Å². The summed E-state index contributed by atoms with van der Waals surface area (Å²) in [5.74, 6) is 0.0904. The number of ketones is 1. The zero-order chi connectivity index (χ0) is 19.3. The summed E-state index contributed by atoms with van der Waals surface area (Å²) in [6.07, 6.45) is 3.57. The minimum Gasteiger partial charge on any atom is -0.293 e. The quantitative estimate of drug-likeness (QED) is 0.299. The van der Waals surface area contributed by atoms with E-state index in [2.05, 4.69) is 36.4 Å². The minimum atomic E-state index is 0.0904. The van der Waals surface area contributed by atoms with Crippen molar-refractivity contribution in [2.75, 3.05) is 0 Å². The molecule has 0 fully saturated rings. The first-order valence-corrected chi connectivity index (χ1v) is 10.7. The summed E-state index contributed by atoms with van der Waals surface area (Å²) >= 11 is 7.95. The summed E-state index contributed by atoms with van der Waals surface area (Å²) in [4.78, 5) is 13.5. The van der Waals surface area contributed by atoms with E-state index < -0.39 is 0 Å². The molecule has 1 aromatic heterocycles. The molecule has 0 saturated heterocycles. The number of carbonyl (C=O) groups is 1. The van der Waals surface area contributed by atoms with Crippen LogP contribution >= 0.6 is 22.9 Å². The van der Waals surface area contributed by atoms with Crippen LogP contribution < -0.4 is 0 Å². The number of hydrogen-bond donors (Lipinski definition) is 0. The van der Waals surface area contributed by atoms with Gasteiger partial charge in [-0.15, -0.1) is 11.3 Å². The maximum absolute atomic E-state index is 12.8. The molecule has 0 aliphatic heterocycles. The second-order valence-electron chi connectivity index (χ2n) is 7.00. The Morgan fingerprint density at radius 1 is 0.786 bits per heavy atom. The summed E-state index contributed by atoms with van der Waals surface area (Å²) in [6, 6.07) is 26.8. The molecule has 4 aromatic rings. The average molecular weight is 405 g/mol. The van der Waals surface area contributed by atoms with E-state index in [0.29, 0.717) is 16.3 Å². The van der Waals surface area contributed by atoms with Crippen molar-refractivity contribution in [1.82, 2.24) is 0 Å². The van der Waals surface area contributed by atoms with Crippen LogP contribution in [0.3, 0.4) is 0 Å². The summed E-state index contributed by atoms with van der Waals surface area (Å²) < 4.78 is 1.06. The van der Waals surface area contributed by atoms with Crippen LogP contribution in [-0.2, 0) is 19.3 Å². The highest BCUT2D eigenvalue weighted by molar-refractivity contribution is 7.21. The fourth-order valence-electron chi connectivity index (χ4n) is 3.50. The Bertz CT molecular complexity index is 1100. The van der Waals surface area contributed by atoms with Gasteiger partial charge in [-0.3, -0.25) is 4.79 Å². The van der Waals surface area contributed by atoms with Gasteiger partial charge in [0.15, 0.2) is 5.78 Å². The first kappa shape index (κ1) is 18.9. The predicted molar refractivity (Wildman–Crippen MR) is 120 cm³/mol. The molecule has 0 spiro atoms. The predicted octanol–water partition coefficient (Wildman–Crippen LogP) is 7.16. The molecule has 0 saturated carbocycles. The second-order valence-corrected chi connectivity index (χ2v) is 8.43. The summed E-state index contributed by atoms with van der Waals surface area (Å²) in [6.45, 7) is 0. The van der Waals surface area contributed by atoms with E-state index in [1.54, 1.807) is 0 Å². The monoisotopic (exact) mass is 404 g/mol. The third-order valence-electron chi connectivity index (χ3n) is 4.92. The zero-order valence-electron chi connectivity index (χ0n) is 15.5. The smallest absolute Gasteiger partial charge is 0.178 e. The Hall–Kier alpha value is -2.42. The number of rotatable bonds is 7. The van der Waals surface area contributed by atoms with Crippen molar-refractivity contribution in [3.63, 3.8) is 0 Å². The molecule has 1 nitrogen and oxygen atoms in total. The number of hydrogen-bond acceptors (Lipinski definition) is 2. The van der Waals surface area contributed by atoms with E-state index in [-0.39, 0.29) is 5.78 Å². The molecule has 0 bridgehead atoms. The van der Waals surface area contributed by atoms with E-state index >= 15 is 0 Å². The van der Waals surface area contributed by atoms with Gasteiger partial charge < -0.3 is 0 Å². The molecule has 0 N–H and O–H groups in total. The van der Waals surface area contributed by atoms with Crippen molar-refractivity contribution in [3.8, 4) is 0 Å². The van der Waals surface area contributed by atoms with Crippen molar-refractivity contribution in [2.45, 2.75) is 25.7 Å². The number of carbonyl (C=O) groups excluding carboxylic acids is 1. The van der Waals surface area contributed by atoms with Crippen LogP contribution in [0.2, 0.25) is 5.02 Å². The second kappa shape index (κ2) is 8.72. The molecule has 4 rings (SSSR count). The van der Waals surface area contributed by atoms with Crippen LogP contribution in [0.25, 0.3) is 10.1 Å². The molecule has 0 amide bonds. The highest BCUT2D eigenvalue weighted by Gasteiger charge is 2.17. The molecule has 0 unspecified atom stereocenters. The van der Waals surface area contributed by atoms with Crippen molar-refractivity contribution in [1.29, 1.82) is 0 Å². The van der Waals surface area contributed by atoms with Gasteiger partial charge in [0.25, 0.3) is 0 Å². The van der Waals surface area contributed by atoms with Crippen molar-refractivity contribution in [2.24, 2.45) is 0 Å². The molecule has 3 heteroatoms. The fourth-order valence-corrected chi connectivity index (χ4v) is 4.97. The topological polar surface area (TPSA) is 17.1 Å². The number of fused-ring (bicyclic) bond motifs is 1. The van der Waals surface area contributed by atoms with Crippen LogP contribution in [0.15, 0.2) is 78.9 Å². The van der Waals surface area contributed by atoms with Gasteiger partial charge in [0.2, 0.25) is 0 Å². The number of aryl methyl sites for hydroxylation is 2. The molecule has 0 atom stereocenters. The van der Waals surface area contributed by atoms with Crippen LogP contribution in [0.5, 0.6) is 0 Å². The minimum absolute atomic E-state index is 0.0904. The van der Waals surface area contributed by atoms with E-state index in [1.807, 2.05) is 42.5 Å². The SMILES string of the molecule is O=C(Cc1cccc(CCCc2ccccc2)c1)c1sc2ccccc2c1Cl. The number of halogens is 1.